The van der Waals surface area contributed by atoms with Gasteiger partial charge in [0.05, 0.1) is 6.33 Å². The van der Waals surface area contributed by atoms with E-state index in [9.17, 15) is 12.8 Å². The summed E-state index contributed by atoms with van der Waals surface area (Å²) in [4.78, 5) is 3.83. The van der Waals surface area contributed by atoms with Gasteiger partial charge in [-0.2, -0.15) is 8.42 Å². The fourth-order valence-corrected chi connectivity index (χ4v) is 2.66. The van der Waals surface area contributed by atoms with Crippen LogP contribution in [0.2, 0.25) is 0 Å². The summed E-state index contributed by atoms with van der Waals surface area (Å²) in [7, 11) is -3.79. The number of aromatic nitrogens is 2. The Kier molecular flexibility index (Phi) is 4.05. The molecule has 108 valence electrons. The number of imidazole rings is 1. The molecule has 6 nitrogen and oxygen atoms in total. The molecule has 0 aliphatic heterocycles. The number of nitrogens with zero attached hydrogens (tertiary/aromatic N) is 2. The first kappa shape index (κ1) is 14.5. The Morgan fingerprint density at radius 1 is 1.45 bits per heavy atom. The molecule has 0 bridgehead atoms. The van der Waals surface area contributed by atoms with Crippen molar-refractivity contribution in [1.29, 1.82) is 0 Å². The first-order chi connectivity index (χ1) is 9.46. The molecule has 0 atom stereocenters. The molecule has 1 aromatic carbocycles. The van der Waals surface area contributed by atoms with Crippen LogP contribution < -0.4 is 10.5 Å². The van der Waals surface area contributed by atoms with Gasteiger partial charge in [0, 0.05) is 30.5 Å². The van der Waals surface area contributed by atoms with Gasteiger partial charge in [-0.05, 0) is 25.1 Å². The molecule has 0 amide bonds. The molecule has 2 rings (SSSR count). The number of hydrogen-bond donors (Lipinski definition) is 2. The standard InChI is InChI=1S/C12H15FN4O2S/c1-2-17-7-12(15-8-17)20(18,19)16-10-3-4-11(13)9(5-10)6-14/h3-5,7-8,16H,2,6,14H2,1H3. The van der Waals surface area contributed by atoms with Crippen LogP contribution in [0.5, 0.6) is 0 Å². The second-order valence-electron chi connectivity index (χ2n) is 4.16. The van der Waals surface area contributed by atoms with Crippen LogP contribution in [0.3, 0.4) is 0 Å². The van der Waals surface area contributed by atoms with Gasteiger partial charge in [0.15, 0.2) is 5.03 Å². The molecule has 0 saturated carbocycles. The number of benzene rings is 1. The van der Waals surface area contributed by atoms with Crippen LogP contribution in [0.1, 0.15) is 12.5 Å². The molecule has 0 aliphatic rings. The summed E-state index contributed by atoms with van der Waals surface area (Å²) >= 11 is 0. The van der Waals surface area contributed by atoms with E-state index < -0.39 is 15.8 Å². The van der Waals surface area contributed by atoms with Crippen molar-refractivity contribution in [3.8, 4) is 0 Å². The van der Waals surface area contributed by atoms with E-state index in [2.05, 4.69) is 9.71 Å². The Hall–Kier alpha value is -1.93. The van der Waals surface area contributed by atoms with Crippen molar-refractivity contribution in [2.24, 2.45) is 5.73 Å². The van der Waals surface area contributed by atoms with Crippen molar-refractivity contribution in [3.63, 3.8) is 0 Å². The minimum absolute atomic E-state index is 0.00807. The Labute approximate surface area is 116 Å². The number of halogens is 1. The molecular formula is C12H15FN4O2S. The van der Waals surface area contributed by atoms with E-state index in [1.165, 1.54) is 30.7 Å². The summed E-state index contributed by atoms with van der Waals surface area (Å²) in [5.74, 6) is -0.467. The number of nitrogens with one attached hydrogen (secondary N) is 1. The number of anilines is 1. The van der Waals surface area contributed by atoms with Gasteiger partial charge in [-0.1, -0.05) is 0 Å². The number of aryl methyl sites for hydroxylation is 1. The Morgan fingerprint density at radius 3 is 2.80 bits per heavy atom. The lowest BCUT2D eigenvalue weighted by Gasteiger charge is -2.08. The predicted octanol–water partition coefficient (Wildman–Crippen LogP) is 1.30. The first-order valence-corrected chi connectivity index (χ1v) is 7.47. The summed E-state index contributed by atoms with van der Waals surface area (Å²) in [6.07, 6.45) is 2.86. The van der Waals surface area contributed by atoms with Crippen molar-refractivity contribution in [2.75, 3.05) is 4.72 Å². The van der Waals surface area contributed by atoms with Gasteiger partial charge in [-0.3, -0.25) is 4.72 Å². The minimum Gasteiger partial charge on any atom is -0.336 e. The van der Waals surface area contributed by atoms with E-state index >= 15 is 0 Å². The molecular weight excluding hydrogens is 283 g/mol. The molecule has 1 heterocycles. The maximum Gasteiger partial charge on any atom is 0.280 e. The molecule has 2 aromatic rings. The highest BCUT2D eigenvalue weighted by Crippen LogP contribution is 2.18. The summed E-state index contributed by atoms with van der Waals surface area (Å²) < 4.78 is 41.5. The highest BCUT2D eigenvalue weighted by molar-refractivity contribution is 7.92. The van der Waals surface area contributed by atoms with Gasteiger partial charge in [0.1, 0.15) is 5.82 Å². The molecule has 20 heavy (non-hydrogen) atoms. The van der Waals surface area contributed by atoms with Gasteiger partial charge >= 0.3 is 0 Å². The van der Waals surface area contributed by atoms with Gasteiger partial charge < -0.3 is 10.3 Å². The third-order valence-electron chi connectivity index (χ3n) is 2.77. The lowest BCUT2D eigenvalue weighted by Crippen LogP contribution is -2.14. The van der Waals surface area contributed by atoms with Gasteiger partial charge in [-0.15, -0.1) is 0 Å². The maximum atomic E-state index is 13.3. The smallest absolute Gasteiger partial charge is 0.280 e. The van der Waals surface area contributed by atoms with Crippen LogP contribution in [0.15, 0.2) is 35.7 Å². The van der Waals surface area contributed by atoms with E-state index in [-0.39, 0.29) is 22.8 Å². The number of sulfonamides is 1. The molecule has 0 spiro atoms. The normalized spacial score (nSPS) is 11.6. The fraction of sp³-hybridized carbons (Fsp3) is 0.250. The summed E-state index contributed by atoms with van der Waals surface area (Å²) in [5, 5.41) is -0.0852. The topological polar surface area (TPSA) is 90.0 Å². The molecule has 0 aliphatic carbocycles. The monoisotopic (exact) mass is 298 g/mol. The van der Waals surface area contributed by atoms with Crippen molar-refractivity contribution < 1.29 is 12.8 Å². The maximum absolute atomic E-state index is 13.3. The number of nitrogens with two attached hydrogens (primary N) is 1. The molecule has 0 unspecified atom stereocenters. The predicted molar refractivity (Wildman–Crippen MR) is 73.0 cm³/mol. The molecule has 0 radical (unpaired) electrons. The van der Waals surface area contributed by atoms with Gasteiger partial charge in [0.25, 0.3) is 10.0 Å². The molecule has 3 N–H and O–H groups in total. The molecule has 1 aromatic heterocycles. The second kappa shape index (κ2) is 5.59. The molecule has 0 fully saturated rings. The zero-order valence-electron chi connectivity index (χ0n) is 10.9. The van der Waals surface area contributed by atoms with Crippen LogP contribution in [-0.4, -0.2) is 18.0 Å². The van der Waals surface area contributed by atoms with Crippen LogP contribution in [-0.2, 0) is 23.1 Å². The van der Waals surface area contributed by atoms with E-state index in [4.69, 9.17) is 5.73 Å². The molecule has 0 saturated heterocycles. The van der Waals surface area contributed by atoms with E-state index in [1.807, 2.05) is 6.92 Å². The number of hydrogen-bond acceptors (Lipinski definition) is 4. The van der Waals surface area contributed by atoms with Crippen LogP contribution >= 0.6 is 0 Å². The average molecular weight is 298 g/mol. The highest BCUT2D eigenvalue weighted by atomic mass is 32.2. The lowest BCUT2D eigenvalue weighted by molar-refractivity contribution is 0.597. The van der Waals surface area contributed by atoms with Gasteiger partial charge in [0.2, 0.25) is 0 Å². The Balaban J connectivity index is 2.28. The Morgan fingerprint density at radius 2 is 2.20 bits per heavy atom. The zero-order chi connectivity index (χ0) is 14.8. The van der Waals surface area contributed by atoms with Crippen molar-refractivity contribution in [2.45, 2.75) is 25.0 Å². The van der Waals surface area contributed by atoms with E-state index in [0.29, 0.717) is 6.54 Å². The van der Waals surface area contributed by atoms with Crippen LogP contribution in [0.25, 0.3) is 0 Å². The summed E-state index contributed by atoms with van der Waals surface area (Å²) in [6.45, 7) is 2.49. The zero-order valence-corrected chi connectivity index (χ0v) is 11.7. The fourth-order valence-electron chi connectivity index (χ4n) is 1.65. The number of rotatable bonds is 5. The average Bonchev–Trinajstić information content (AvgIpc) is 2.90. The lowest BCUT2D eigenvalue weighted by atomic mass is 10.2. The van der Waals surface area contributed by atoms with Crippen molar-refractivity contribution in [3.05, 3.63) is 42.1 Å². The second-order valence-corrected chi connectivity index (χ2v) is 5.79. The Bertz CT molecular complexity index is 712. The van der Waals surface area contributed by atoms with Crippen LogP contribution in [0, 0.1) is 5.82 Å². The highest BCUT2D eigenvalue weighted by Gasteiger charge is 2.17. The largest absolute Gasteiger partial charge is 0.336 e. The first-order valence-electron chi connectivity index (χ1n) is 5.99. The van der Waals surface area contributed by atoms with E-state index in [1.54, 1.807) is 4.57 Å². The summed E-state index contributed by atoms with van der Waals surface area (Å²) in [6, 6.07) is 3.87. The quantitative estimate of drug-likeness (QED) is 0.870. The summed E-state index contributed by atoms with van der Waals surface area (Å²) in [5.41, 5.74) is 5.87. The minimum atomic E-state index is -3.79. The van der Waals surface area contributed by atoms with Gasteiger partial charge in [-0.25, -0.2) is 9.37 Å². The molecule has 8 heteroatoms. The third-order valence-corrected chi connectivity index (χ3v) is 4.03. The van der Waals surface area contributed by atoms with E-state index in [0.717, 1.165) is 0 Å². The van der Waals surface area contributed by atoms with Crippen molar-refractivity contribution in [1.82, 2.24) is 9.55 Å². The SMILES string of the molecule is CCn1cnc(S(=O)(=O)Nc2ccc(F)c(CN)c2)c1. The third kappa shape index (κ3) is 2.97. The van der Waals surface area contributed by atoms with Crippen molar-refractivity contribution >= 4 is 15.7 Å². The van der Waals surface area contributed by atoms with Crippen LogP contribution in [0.4, 0.5) is 10.1 Å².